The highest BCUT2D eigenvalue weighted by atomic mass is 32.2. The molecule has 0 spiro atoms. The lowest BCUT2D eigenvalue weighted by molar-refractivity contribution is -0.139. The maximum Gasteiger partial charge on any atom is 0.337 e. The van der Waals surface area contributed by atoms with E-state index in [4.69, 9.17) is 9.15 Å². The summed E-state index contributed by atoms with van der Waals surface area (Å²) in [5.74, 6) is 1.14. The third kappa shape index (κ3) is 4.00. The molecule has 144 valence electrons. The number of aromatic nitrogens is 3. The Hall–Kier alpha value is -2.75. The Labute approximate surface area is 160 Å². The SMILES string of the molecule is CCOC(=O)C1=C(CSc2nnc(-c3ccco3)n2C)NC(=O)N[C@@H]1CC. The third-order valence-electron chi connectivity index (χ3n) is 4.07. The standard InChI is InChI=1S/C17H21N5O4S/c1-4-10-13(15(23)25-5-2)11(19-16(24)18-10)9-27-17-21-20-14(22(17)3)12-7-6-8-26-12/h6-8,10H,4-5,9H2,1-3H3,(H2,18,19,24)/t10-/m1/s1. The number of carbonyl (C=O) groups excluding carboxylic acids is 2. The maximum absolute atomic E-state index is 12.4. The van der Waals surface area contributed by atoms with E-state index in [1.54, 1.807) is 29.9 Å². The third-order valence-corrected chi connectivity index (χ3v) is 5.12. The van der Waals surface area contributed by atoms with Crippen molar-refractivity contribution >= 4 is 23.8 Å². The number of carbonyl (C=O) groups is 2. The quantitative estimate of drug-likeness (QED) is 0.549. The van der Waals surface area contributed by atoms with Crippen molar-refractivity contribution in [3.8, 4) is 11.6 Å². The van der Waals surface area contributed by atoms with Gasteiger partial charge in [0.25, 0.3) is 0 Å². The van der Waals surface area contributed by atoms with Crippen molar-refractivity contribution in [3.63, 3.8) is 0 Å². The molecule has 0 aromatic carbocycles. The predicted molar refractivity (Wildman–Crippen MR) is 98.8 cm³/mol. The summed E-state index contributed by atoms with van der Waals surface area (Å²) in [4.78, 5) is 24.3. The van der Waals surface area contributed by atoms with Crippen LogP contribution in [-0.2, 0) is 16.6 Å². The van der Waals surface area contributed by atoms with Crippen LogP contribution in [0, 0.1) is 0 Å². The highest BCUT2D eigenvalue weighted by Crippen LogP contribution is 2.26. The lowest BCUT2D eigenvalue weighted by Crippen LogP contribution is -2.50. The topological polar surface area (TPSA) is 111 Å². The normalized spacial score (nSPS) is 16.9. The Morgan fingerprint density at radius 2 is 2.22 bits per heavy atom. The van der Waals surface area contributed by atoms with E-state index >= 15 is 0 Å². The second-order valence-corrected chi connectivity index (χ2v) is 6.75. The Morgan fingerprint density at radius 3 is 2.89 bits per heavy atom. The van der Waals surface area contributed by atoms with Gasteiger partial charge in [-0.3, -0.25) is 0 Å². The van der Waals surface area contributed by atoms with Gasteiger partial charge in [-0.25, -0.2) is 9.59 Å². The van der Waals surface area contributed by atoms with Crippen molar-refractivity contribution in [1.29, 1.82) is 0 Å². The molecule has 10 heteroatoms. The lowest BCUT2D eigenvalue weighted by Gasteiger charge is -2.28. The first kappa shape index (κ1) is 19.0. The first-order valence-electron chi connectivity index (χ1n) is 8.58. The molecule has 1 aliphatic rings. The second-order valence-electron chi connectivity index (χ2n) is 5.80. The van der Waals surface area contributed by atoms with Crippen molar-refractivity contribution < 1.29 is 18.7 Å². The Bertz CT molecular complexity index is 859. The molecule has 0 radical (unpaired) electrons. The number of urea groups is 1. The number of nitrogens with zero attached hydrogens (tertiary/aromatic N) is 3. The van der Waals surface area contributed by atoms with Crippen LogP contribution in [0.1, 0.15) is 20.3 Å². The van der Waals surface area contributed by atoms with Crippen LogP contribution in [0.15, 0.2) is 39.2 Å². The molecule has 2 aromatic rings. The molecule has 3 heterocycles. The van der Waals surface area contributed by atoms with Gasteiger partial charge in [-0.2, -0.15) is 0 Å². The van der Waals surface area contributed by atoms with E-state index < -0.39 is 5.97 Å². The monoisotopic (exact) mass is 391 g/mol. The minimum Gasteiger partial charge on any atom is -0.463 e. The Kier molecular flexibility index (Phi) is 5.84. The van der Waals surface area contributed by atoms with Gasteiger partial charge in [0.05, 0.1) is 24.5 Å². The number of ether oxygens (including phenoxy) is 1. The van der Waals surface area contributed by atoms with Crippen LogP contribution in [0.3, 0.4) is 0 Å². The van der Waals surface area contributed by atoms with Crippen LogP contribution < -0.4 is 10.6 Å². The second kappa shape index (κ2) is 8.30. The van der Waals surface area contributed by atoms with Gasteiger partial charge in [-0.05, 0) is 25.5 Å². The maximum atomic E-state index is 12.4. The molecule has 0 unspecified atom stereocenters. The zero-order valence-electron chi connectivity index (χ0n) is 15.3. The van der Waals surface area contributed by atoms with Gasteiger partial charge < -0.3 is 24.4 Å². The Morgan fingerprint density at radius 1 is 1.41 bits per heavy atom. The molecular weight excluding hydrogens is 370 g/mol. The van der Waals surface area contributed by atoms with Crippen LogP contribution in [0.5, 0.6) is 0 Å². The molecule has 1 aliphatic heterocycles. The highest BCUT2D eigenvalue weighted by Gasteiger charge is 2.31. The number of nitrogens with one attached hydrogen (secondary N) is 2. The number of esters is 1. The van der Waals surface area contributed by atoms with Crippen molar-refractivity contribution in [2.24, 2.45) is 7.05 Å². The minimum atomic E-state index is -0.429. The molecule has 0 saturated carbocycles. The first-order valence-corrected chi connectivity index (χ1v) is 9.57. The smallest absolute Gasteiger partial charge is 0.337 e. The summed E-state index contributed by atoms with van der Waals surface area (Å²) < 4.78 is 12.3. The number of hydrogen-bond donors (Lipinski definition) is 2. The van der Waals surface area contributed by atoms with E-state index in [1.807, 2.05) is 14.0 Å². The number of furan rings is 1. The van der Waals surface area contributed by atoms with Gasteiger partial charge in [0.15, 0.2) is 16.7 Å². The molecule has 2 N–H and O–H groups in total. The zero-order valence-corrected chi connectivity index (χ0v) is 16.1. The van der Waals surface area contributed by atoms with Crippen molar-refractivity contribution in [1.82, 2.24) is 25.4 Å². The van der Waals surface area contributed by atoms with Crippen LogP contribution >= 0.6 is 11.8 Å². The average molecular weight is 391 g/mol. The molecule has 0 aliphatic carbocycles. The molecule has 1 atom stereocenters. The van der Waals surface area contributed by atoms with Gasteiger partial charge in [-0.15, -0.1) is 10.2 Å². The van der Waals surface area contributed by atoms with E-state index in [0.717, 1.165) is 0 Å². The lowest BCUT2D eigenvalue weighted by atomic mass is 10.0. The number of rotatable bonds is 7. The highest BCUT2D eigenvalue weighted by molar-refractivity contribution is 7.99. The summed E-state index contributed by atoms with van der Waals surface area (Å²) in [6.45, 7) is 3.92. The summed E-state index contributed by atoms with van der Waals surface area (Å²) in [5.41, 5.74) is 0.969. The molecule has 0 bridgehead atoms. The molecule has 0 saturated heterocycles. The van der Waals surface area contributed by atoms with Crippen LogP contribution in [0.2, 0.25) is 0 Å². The van der Waals surface area contributed by atoms with E-state index in [-0.39, 0.29) is 18.7 Å². The van der Waals surface area contributed by atoms with E-state index in [9.17, 15) is 9.59 Å². The van der Waals surface area contributed by atoms with Crippen LogP contribution in [-0.4, -0.2) is 45.2 Å². The summed E-state index contributed by atoms with van der Waals surface area (Å²) >= 11 is 1.37. The molecular formula is C17H21N5O4S. The largest absolute Gasteiger partial charge is 0.463 e. The number of hydrogen-bond acceptors (Lipinski definition) is 7. The van der Waals surface area contributed by atoms with Gasteiger partial charge in [-0.1, -0.05) is 18.7 Å². The molecule has 2 amide bonds. The van der Waals surface area contributed by atoms with Crippen molar-refractivity contribution in [2.45, 2.75) is 31.5 Å². The first-order chi connectivity index (χ1) is 13.0. The van der Waals surface area contributed by atoms with E-state index in [0.29, 0.717) is 40.2 Å². The fourth-order valence-electron chi connectivity index (χ4n) is 2.77. The van der Waals surface area contributed by atoms with Gasteiger partial charge in [0.1, 0.15) is 0 Å². The summed E-state index contributed by atoms with van der Waals surface area (Å²) in [6.07, 6.45) is 2.16. The van der Waals surface area contributed by atoms with Gasteiger partial charge >= 0.3 is 12.0 Å². The Balaban J connectivity index is 1.83. The van der Waals surface area contributed by atoms with Crippen LogP contribution in [0.4, 0.5) is 4.79 Å². The van der Waals surface area contributed by atoms with Gasteiger partial charge in [0.2, 0.25) is 0 Å². The van der Waals surface area contributed by atoms with E-state index in [2.05, 4.69) is 20.8 Å². The van der Waals surface area contributed by atoms with Crippen molar-refractivity contribution in [3.05, 3.63) is 29.7 Å². The van der Waals surface area contributed by atoms with Crippen molar-refractivity contribution in [2.75, 3.05) is 12.4 Å². The van der Waals surface area contributed by atoms with E-state index in [1.165, 1.54) is 11.8 Å². The molecule has 2 aromatic heterocycles. The number of amides is 2. The number of thioether (sulfide) groups is 1. The fourth-order valence-corrected chi connectivity index (χ4v) is 3.65. The van der Waals surface area contributed by atoms with Gasteiger partial charge in [0, 0.05) is 18.5 Å². The predicted octanol–water partition coefficient (Wildman–Crippen LogP) is 2.08. The zero-order chi connectivity index (χ0) is 19.4. The summed E-state index contributed by atoms with van der Waals surface area (Å²) in [6, 6.07) is 2.87. The summed E-state index contributed by atoms with van der Waals surface area (Å²) in [7, 11) is 1.83. The van der Waals surface area contributed by atoms with Crippen LogP contribution in [0.25, 0.3) is 11.6 Å². The summed E-state index contributed by atoms with van der Waals surface area (Å²) in [5, 5.41) is 14.4. The fraction of sp³-hybridized carbons (Fsp3) is 0.412. The minimum absolute atomic E-state index is 0.267. The average Bonchev–Trinajstić information content (AvgIpc) is 3.29. The molecule has 3 rings (SSSR count). The molecule has 0 fully saturated rings. The molecule has 27 heavy (non-hydrogen) atoms. The molecule has 9 nitrogen and oxygen atoms in total.